The summed E-state index contributed by atoms with van der Waals surface area (Å²) in [5.41, 5.74) is 8.97. The number of aliphatic hydroxyl groups excluding tert-OH is 1. The lowest BCUT2D eigenvalue weighted by molar-refractivity contribution is 0.283. The van der Waals surface area contributed by atoms with Crippen LogP contribution in [0.4, 0.5) is 11.6 Å². The van der Waals surface area contributed by atoms with Gasteiger partial charge in [0, 0.05) is 24.7 Å². The van der Waals surface area contributed by atoms with Gasteiger partial charge in [0.15, 0.2) is 5.82 Å². The molecule has 6 heteroatoms. The fourth-order valence-electron chi connectivity index (χ4n) is 2.55. The van der Waals surface area contributed by atoms with Crippen LogP contribution in [-0.4, -0.2) is 33.4 Å². The predicted octanol–water partition coefficient (Wildman–Crippen LogP) is 2.78. The third-order valence-electron chi connectivity index (χ3n) is 3.83. The second-order valence-electron chi connectivity index (χ2n) is 5.51. The second kappa shape index (κ2) is 7.11. The molecule has 0 aliphatic carbocycles. The number of nitrogens with two attached hydrogens (primary N) is 1. The number of aromatic amines is 1. The van der Waals surface area contributed by atoms with Crippen LogP contribution in [0.1, 0.15) is 19.3 Å². The Balaban J connectivity index is 1.74. The number of fused-ring (bicyclic) bond motifs is 1. The molecule has 0 bridgehead atoms. The summed E-state index contributed by atoms with van der Waals surface area (Å²) in [4.78, 5) is 4.35. The minimum absolute atomic E-state index is 0.257. The zero-order valence-corrected chi connectivity index (χ0v) is 12.9. The number of nitrogen functional groups attached to an aromatic ring is 1. The Morgan fingerprint density at radius 3 is 2.83 bits per heavy atom. The monoisotopic (exact) mass is 311 g/mol. The number of hydrogen-bond acceptors (Lipinski definition) is 5. The lowest BCUT2D eigenvalue weighted by atomic mass is 10.0. The SMILES string of the molecule is Nc1n[nH]c2ccc(-c3ccnc(NCCCCCO)c3)cc12. The molecular weight excluding hydrogens is 290 g/mol. The Hall–Kier alpha value is -2.60. The van der Waals surface area contributed by atoms with Crippen molar-refractivity contribution in [3.05, 3.63) is 36.5 Å². The van der Waals surface area contributed by atoms with E-state index in [4.69, 9.17) is 10.8 Å². The fourth-order valence-corrected chi connectivity index (χ4v) is 2.55. The molecule has 6 nitrogen and oxygen atoms in total. The van der Waals surface area contributed by atoms with Crippen LogP contribution in [0.3, 0.4) is 0 Å². The van der Waals surface area contributed by atoms with E-state index in [0.29, 0.717) is 5.82 Å². The topological polar surface area (TPSA) is 99.9 Å². The van der Waals surface area contributed by atoms with Crippen molar-refractivity contribution >= 4 is 22.5 Å². The van der Waals surface area contributed by atoms with Gasteiger partial charge in [-0.25, -0.2) is 4.98 Å². The molecule has 0 fully saturated rings. The van der Waals surface area contributed by atoms with Crippen LogP contribution in [0.15, 0.2) is 36.5 Å². The summed E-state index contributed by atoms with van der Waals surface area (Å²) < 4.78 is 0. The number of nitrogens with zero attached hydrogens (tertiary/aromatic N) is 2. The highest BCUT2D eigenvalue weighted by Gasteiger charge is 2.05. The van der Waals surface area contributed by atoms with E-state index in [1.54, 1.807) is 6.20 Å². The quantitative estimate of drug-likeness (QED) is 0.503. The fraction of sp³-hybridized carbons (Fsp3) is 0.294. The van der Waals surface area contributed by atoms with Crippen molar-refractivity contribution in [2.45, 2.75) is 19.3 Å². The van der Waals surface area contributed by atoms with E-state index >= 15 is 0 Å². The van der Waals surface area contributed by atoms with Crippen LogP contribution in [0.2, 0.25) is 0 Å². The van der Waals surface area contributed by atoms with E-state index in [1.807, 2.05) is 30.3 Å². The first-order valence-electron chi connectivity index (χ1n) is 7.82. The van der Waals surface area contributed by atoms with Gasteiger partial charge in [-0.05, 0) is 54.7 Å². The zero-order valence-electron chi connectivity index (χ0n) is 12.9. The third kappa shape index (κ3) is 3.60. The van der Waals surface area contributed by atoms with Crippen molar-refractivity contribution in [2.24, 2.45) is 0 Å². The van der Waals surface area contributed by atoms with Crippen molar-refractivity contribution in [1.29, 1.82) is 0 Å². The number of aliphatic hydroxyl groups is 1. The van der Waals surface area contributed by atoms with Crippen molar-refractivity contribution in [2.75, 3.05) is 24.2 Å². The highest BCUT2D eigenvalue weighted by Crippen LogP contribution is 2.27. The van der Waals surface area contributed by atoms with Gasteiger partial charge in [0.25, 0.3) is 0 Å². The summed E-state index contributed by atoms with van der Waals surface area (Å²) in [6.07, 6.45) is 4.68. The first-order valence-corrected chi connectivity index (χ1v) is 7.82. The van der Waals surface area contributed by atoms with Gasteiger partial charge in [0.05, 0.1) is 5.52 Å². The van der Waals surface area contributed by atoms with Crippen LogP contribution in [-0.2, 0) is 0 Å². The Labute approximate surface area is 134 Å². The van der Waals surface area contributed by atoms with E-state index in [-0.39, 0.29) is 6.61 Å². The van der Waals surface area contributed by atoms with Crippen molar-refractivity contribution in [3.8, 4) is 11.1 Å². The minimum Gasteiger partial charge on any atom is -0.396 e. The number of benzene rings is 1. The summed E-state index contributed by atoms with van der Waals surface area (Å²) in [7, 11) is 0. The van der Waals surface area contributed by atoms with Gasteiger partial charge in [-0.1, -0.05) is 6.07 Å². The van der Waals surface area contributed by atoms with Crippen molar-refractivity contribution < 1.29 is 5.11 Å². The molecule has 0 atom stereocenters. The average molecular weight is 311 g/mol. The maximum atomic E-state index is 8.78. The molecule has 0 saturated carbocycles. The van der Waals surface area contributed by atoms with E-state index in [1.165, 1.54) is 0 Å². The van der Waals surface area contributed by atoms with Gasteiger partial charge in [-0.3, -0.25) is 5.10 Å². The summed E-state index contributed by atoms with van der Waals surface area (Å²) >= 11 is 0. The molecule has 1 aromatic carbocycles. The maximum absolute atomic E-state index is 8.78. The largest absolute Gasteiger partial charge is 0.396 e. The Bertz CT molecular complexity index is 784. The molecule has 3 rings (SSSR count). The van der Waals surface area contributed by atoms with E-state index in [9.17, 15) is 0 Å². The number of hydrogen-bond donors (Lipinski definition) is 4. The highest BCUT2D eigenvalue weighted by molar-refractivity contribution is 5.92. The number of anilines is 2. The number of rotatable bonds is 7. The van der Waals surface area contributed by atoms with Gasteiger partial charge >= 0.3 is 0 Å². The van der Waals surface area contributed by atoms with E-state index < -0.39 is 0 Å². The van der Waals surface area contributed by atoms with Crippen molar-refractivity contribution in [1.82, 2.24) is 15.2 Å². The van der Waals surface area contributed by atoms with Crippen LogP contribution < -0.4 is 11.1 Å². The van der Waals surface area contributed by atoms with Crippen LogP contribution in [0.25, 0.3) is 22.0 Å². The van der Waals surface area contributed by atoms with E-state index in [2.05, 4.69) is 20.5 Å². The number of unbranched alkanes of at least 4 members (excludes halogenated alkanes) is 2. The molecule has 0 aliphatic rings. The first kappa shape index (κ1) is 15.3. The van der Waals surface area contributed by atoms with Gasteiger partial charge in [-0.15, -0.1) is 0 Å². The normalized spacial score (nSPS) is 11.0. The molecule has 23 heavy (non-hydrogen) atoms. The standard InChI is InChI=1S/C17H21N5O/c18-17-14-10-12(4-5-15(14)21-22-17)13-6-8-20-16(11-13)19-7-2-1-3-9-23/h4-6,8,10-11,23H,1-3,7,9H2,(H,19,20)(H3,18,21,22). The molecule has 0 amide bonds. The van der Waals surface area contributed by atoms with Gasteiger partial charge in [0.2, 0.25) is 0 Å². The molecule has 2 heterocycles. The summed E-state index contributed by atoms with van der Waals surface area (Å²) in [6, 6.07) is 10.1. The van der Waals surface area contributed by atoms with Crippen LogP contribution in [0.5, 0.6) is 0 Å². The lowest BCUT2D eigenvalue weighted by Crippen LogP contribution is -2.03. The molecule has 0 unspecified atom stereocenters. The molecule has 5 N–H and O–H groups in total. The predicted molar refractivity (Wildman–Crippen MR) is 93.2 cm³/mol. The molecule has 0 saturated heterocycles. The van der Waals surface area contributed by atoms with Crippen molar-refractivity contribution in [3.63, 3.8) is 0 Å². The van der Waals surface area contributed by atoms with Gasteiger partial charge in [0.1, 0.15) is 5.82 Å². The van der Waals surface area contributed by atoms with Gasteiger partial charge < -0.3 is 16.2 Å². The highest BCUT2D eigenvalue weighted by atomic mass is 16.2. The zero-order chi connectivity index (χ0) is 16.1. The van der Waals surface area contributed by atoms with E-state index in [0.717, 1.165) is 53.7 Å². The molecular formula is C17H21N5O. The summed E-state index contributed by atoms with van der Waals surface area (Å²) in [5.74, 6) is 1.37. The number of aromatic nitrogens is 3. The molecule has 120 valence electrons. The smallest absolute Gasteiger partial charge is 0.153 e. The first-order chi connectivity index (χ1) is 11.3. The van der Waals surface area contributed by atoms with Crippen LogP contribution >= 0.6 is 0 Å². The Morgan fingerprint density at radius 1 is 1.09 bits per heavy atom. The molecule has 0 radical (unpaired) electrons. The molecule has 2 aromatic heterocycles. The third-order valence-corrected chi connectivity index (χ3v) is 3.83. The minimum atomic E-state index is 0.257. The van der Waals surface area contributed by atoms with Gasteiger partial charge in [-0.2, -0.15) is 5.10 Å². The molecule has 0 aliphatic heterocycles. The molecule has 0 spiro atoms. The number of nitrogens with one attached hydrogen (secondary N) is 2. The average Bonchev–Trinajstić information content (AvgIpc) is 2.96. The van der Waals surface area contributed by atoms with Crippen LogP contribution in [0, 0.1) is 0 Å². The summed E-state index contributed by atoms with van der Waals surface area (Å²) in [6.45, 7) is 1.11. The maximum Gasteiger partial charge on any atom is 0.153 e. The number of pyridine rings is 1. The Kier molecular flexibility index (Phi) is 4.73. The summed E-state index contributed by atoms with van der Waals surface area (Å²) in [5, 5.41) is 20.0. The second-order valence-corrected chi connectivity index (χ2v) is 5.51. The number of H-pyrrole nitrogens is 1. The molecule has 3 aromatic rings. The lowest BCUT2D eigenvalue weighted by Gasteiger charge is -2.08. The Morgan fingerprint density at radius 2 is 1.96 bits per heavy atom.